The zero-order chi connectivity index (χ0) is 22.7. The van der Waals surface area contributed by atoms with Crippen LogP contribution in [-0.2, 0) is 10.1 Å². The molecule has 0 aromatic heterocycles. The summed E-state index contributed by atoms with van der Waals surface area (Å²) in [7, 11) is -4.44. The van der Waals surface area contributed by atoms with Crippen LogP contribution in [0.3, 0.4) is 0 Å². The molecule has 0 aliphatic carbocycles. The molecule has 0 heterocycles. The summed E-state index contributed by atoms with van der Waals surface area (Å²) in [4.78, 5) is -0.270. The van der Waals surface area contributed by atoms with E-state index in [0.717, 1.165) is 11.3 Å². The zero-order valence-electron chi connectivity index (χ0n) is 17.0. The average Bonchev–Trinajstić information content (AvgIpc) is 2.78. The molecule has 3 N–H and O–H groups in total. The highest BCUT2D eigenvalue weighted by molar-refractivity contribution is 7.86. The van der Waals surface area contributed by atoms with Crippen molar-refractivity contribution in [3.63, 3.8) is 0 Å². The molecule has 4 aromatic carbocycles. The summed E-state index contributed by atoms with van der Waals surface area (Å²) in [5, 5.41) is 17.7. The maximum atomic E-state index is 11.7. The Labute approximate surface area is 184 Å². The molecule has 0 aliphatic rings. The van der Waals surface area contributed by atoms with E-state index < -0.39 is 10.1 Å². The van der Waals surface area contributed by atoms with Crippen molar-refractivity contribution in [2.24, 2.45) is 20.5 Å². The lowest BCUT2D eigenvalue weighted by molar-refractivity contribution is 0.484. The van der Waals surface area contributed by atoms with Gasteiger partial charge in [-0.15, -0.1) is 5.11 Å². The van der Waals surface area contributed by atoms with Crippen LogP contribution >= 0.6 is 0 Å². The van der Waals surface area contributed by atoms with Gasteiger partial charge in [0.2, 0.25) is 0 Å². The Bertz CT molecular complexity index is 1470. The van der Waals surface area contributed by atoms with Crippen molar-refractivity contribution in [3.8, 4) is 0 Å². The van der Waals surface area contributed by atoms with E-state index in [0.29, 0.717) is 22.4 Å². The van der Waals surface area contributed by atoms with Crippen LogP contribution in [0.5, 0.6) is 0 Å². The van der Waals surface area contributed by atoms with E-state index in [4.69, 9.17) is 5.73 Å². The van der Waals surface area contributed by atoms with Crippen LogP contribution in [0.2, 0.25) is 0 Å². The molecule has 0 bridgehead atoms. The predicted molar refractivity (Wildman–Crippen MR) is 124 cm³/mol. The van der Waals surface area contributed by atoms with Crippen molar-refractivity contribution in [1.29, 1.82) is 0 Å². The Balaban J connectivity index is 1.66. The van der Waals surface area contributed by atoms with E-state index >= 15 is 0 Å². The molecule has 9 heteroatoms. The summed E-state index contributed by atoms with van der Waals surface area (Å²) >= 11 is 0. The van der Waals surface area contributed by atoms with Gasteiger partial charge in [-0.1, -0.05) is 30.3 Å². The van der Waals surface area contributed by atoms with Crippen molar-refractivity contribution >= 4 is 49.3 Å². The second kappa shape index (κ2) is 8.66. The molecular weight excluding hydrogens is 426 g/mol. The van der Waals surface area contributed by atoms with Gasteiger partial charge < -0.3 is 5.73 Å². The fourth-order valence-electron chi connectivity index (χ4n) is 3.22. The highest BCUT2D eigenvalue weighted by Crippen LogP contribution is 2.36. The summed E-state index contributed by atoms with van der Waals surface area (Å²) in [6.07, 6.45) is 0. The molecule has 4 aromatic rings. The molecule has 0 aliphatic heterocycles. The Hall–Kier alpha value is -3.95. The summed E-state index contributed by atoms with van der Waals surface area (Å²) < 4.78 is 33.0. The molecule has 160 valence electrons. The highest BCUT2D eigenvalue weighted by Gasteiger charge is 2.17. The second-order valence-electron chi connectivity index (χ2n) is 7.03. The van der Waals surface area contributed by atoms with Gasteiger partial charge in [-0.2, -0.15) is 23.8 Å². The number of hydrogen-bond acceptors (Lipinski definition) is 7. The summed E-state index contributed by atoms with van der Waals surface area (Å²) in [6, 6.07) is 22.5. The van der Waals surface area contributed by atoms with Crippen molar-refractivity contribution in [1.82, 2.24) is 0 Å². The third kappa shape index (κ3) is 4.53. The van der Waals surface area contributed by atoms with E-state index in [1.807, 2.05) is 43.3 Å². The molecule has 0 unspecified atom stereocenters. The number of azo groups is 2. The number of hydrogen-bond donors (Lipinski definition) is 2. The number of rotatable bonds is 5. The number of nitrogens with zero attached hydrogens (tertiary/aromatic N) is 4. The largest absolute Gasteiger partial charge is 0.398 e. The van der Waals surface area contributed by atoms with Gasteiger partial charge in [-0.05, 0) is 61.0 Å². The number of fused-ring (bicyclic) bond motifs is 1. The lowest BCUT2D eigenvalue weighted by Crippen LogP contribution is -2.01. The maximum absolute atomic E-state index is 11.7. The molecule has 0 saturated heterocycles. The summed E-state index contributed by atoms with van der Waals surface area (Å²) in [5.41, 5.74) is 9.55. The second-order valence-corrected chi connectivity index (χ2v) is 8.42. The Morgan fingerprint density at radius 2 is 1.44 bits per heavy atom. The van der Waals surface area contributed by atoms with Crippen LogP contribution in [0.4, 0.5) is 28.4 Å². The number of aryl methyl sites for hydroxylation is 1. The minimum absolute atomic E-state index is 0.208. The van der Waals surface area contributed by atoms with Crippen LogP contribution < -0.4 is 5.73 Å². The SMILES string of the molecule is Cc1cc(/N=N/c2ccc(N)c3c(S(=O)(=O)O)cccc23)ccc1/N=N/c1ccccc1. The van der Waals surface area contributed by atoms with Gasteiger partial charge in [0, 0.05) is 16.5 Å². The Morgan fingerprint density at radius 3 is 2.16 bits per heavy atom. The molecule has 4 rings (SSSR count). The molecule has 0 spiro atoms. The van der Waals surface area contributed by atoms with Gasteiger partial charge in [-0.25, -0.2) is 0 Å². The number of benzene rings is 4. The van der Waals surface area contributed by atoms with E-state index in [1.54, 1.807) is 24.3 Å². The lowest BCUT2D eigenvalue weighted by atomic mass is 10.1. The summed E-state index contributed by atoms with van der Waals surface area (Å²) in [5.74, 6) is 0. The van der Waals surface area contributed by atoms with E-state index in [-0.39, 0.29) is 16.0 Å². The summed E-state index contributed by atoms with van der Waals surface area (Å²) in [6.45, 7) is 1.90. The fourth-order valence-corrected chi connectivity index (χ4v) is 3.95. The molecular formula is C23H19N5O3S. The minimum Gasteiger partial charge on any atom is -0.398 e. The van der Waals surface area contributed by atoms with Crippen molar-refractivity contribution in [2.45, 2.75) is 11.8 Å². The van der Waals surface area contributed by atoms with Crippen molar-refractivity contribution in [3.05, 3.63) is 84.4 Å². The monoisotopic (exact) mass is 445 g/mol. The number of anilines is 1. The molecule has 32 heavy (non-hydrogen) atoms. The van der Waals surface area contributed by atoms with E-state index in [1.165, 1.54) is 18.2 Å². The first-order valence-corrected chi connectivity index (χ1v) is 11.0. The molecule has 0 fully saturated rings. The smallest absolute Gasteiger partial charge is 0.295 e. The third-order valence-electron chi connectivity index (χ3n) is 4.77. The van der Waals surface area contributed by atoms with Crippen molar-refractivity contribution in [2.75, 3.05) is 5.73 Å². The first-order chi connectivity index (χ1) is 15.3. The molecule has 0 radical (unpaired) electrons. The first-order valence-electron chi connectivity index (χ1n) is 9.61. The number of nitrogens with two attached hydrogens (primary N) is 1. The van der Waals surface area contributed by atoms with Crippen molar-refractivity contribution < 1.29 is 13.0 Å². The van der Waals surface area contributed by atoms with Crippen LogP contribution in [0.1, 0.15) is 5.56 Å². The lowest BCUT2D eigenvalue weighted by Gasteiger charge is -2.08. The van der Waals surface area contributed by atoms with Gasteiger partial charge in [0.25, 0.3) is 10.1 Å². The van der Waals surface area contributed by atoms with Crippen LogP contribution in [-0.4, -0.2) is 13.0 Å². The van der Waals surface area contributed by atoms with Crippen LogP contribution in [0, 0.1) is 6.92 Å². The predicted octanol–water partition coefficient (Wildman–Crippen LogP) is 6.81. The quantitative estimate of drug-likeness (QED) is 0.198. The molecule has 0 saturated carbocycles. The average molecular weight is 446 g/mol. The van der Waals surface area contributed by atoms with Crippen LogP contribution in [0.25, 0.3) is 10.8 Å². The minimum atomic E-state index is -4.44. The topological polar surface area (TPSA) is 130 Å². The van der Waals surface area contributed by atoms with Gasteiger partial charge in [-0.3, -0.25) is 4.55 Å². The Kier molecular flexibility index (Phi) is 5.76. The normalized spacial score (nSPS) is 12.2. The van der Waals surface area contributed by atoms with Crippen LogP contribution in [0.15, 0.2) is 104 Å². The highest BCUT2D eigenvalue weighted by atomic mass is 32.2. The first kappa shape index (κ1) is 21.3. The van der Waals surface area contributed by atoms with Gasteiger partial charge >= 0.3 is 0 Å². The molecule has 0 atom stereocenters. The third-order valence-corrected chi connectivity index (χ3v) is 5.67. The van der Waals surface area contributed by atoms with E-state index in [9.17, 15) is 13.0 Å². The van der Waals surface area contributed by atoms with Gasteiger partial charge in [0.15, 0.2) is 0 Å². The molecule has 0 amide bonds. The van der Waals surface area contributed by atoms with Gasteiger partial charge in [0.1, 0.15) is 4.90 Å². The zero-order valence-corrected chi connectivity index (χ0v) is 17.9. The molecule has 8 nitrogen and oxygen atoms in total. The van der Waals surface area contributed by atoms with Gasteiger partial charge in [0.05, 0.1) is 22.7 Å². The Morgan fingerprint density at radius 1 is 0.750 bits per heavy atom. The fraction of sp³-hybridized carbons (Fsp3) is 0.0435. The maximum Gasteiger partial charge on any atom is 0.295 e. The number of nitrogen functional groups attached to an aromatic ring is 1. The van der Waals surface area contributed by atoms with E-state index in [2.05, 4.69) is 20.5 Å². The standard InChI is InChI=1S/C23H19N5O3S/c1-15-14-17(10-12-20(15)27-25-16-6-3-2-4-7-16)26-28-21-13-11-19(24)23-18(21)8-5-9-22(23)32(29,30)31/h2-14H,24H2,1H3,(H,29,30,31)/b27-25+,28-26+.